The summed E-state index contributed by atoms with van der Waals surface area (Å²) in [5.74, 6) is -0.234. The molecule has 132 valence electrons. The van der Waals surface area contributed by atoms with Gasteiger partial charge in [-0.1, -0.05) is 4.98 Å². The topological polar surface area (TPSA) is 140 Å². The first-order chi connectivity index (χ1) is 11.4. The van der Waals surface area contributed by atoms with Crippen LogP contribution in [0.1, 0.15) is 12.8 Å². The van der Waals surface area contributed by atoms with Gasteiger partial charge in [-0.15, -0.1) is 0 Å². The standard InChI is InChI=1S/C13H19N5O6/c1-23-12(20)15-10-6-9(17-5-3-4-8(19)7-17)14-11(18(10)22)16-13(21)24-2/h6,8,19H,3-5,7H2,1-2H3,(H,15,20)(H,14,16,21). The summed E-state index contributed by atoms with van der Waals surface area (Å²) in [6.07, 6.45) is -0.833. The number of ether oxygens (including phenoxy) is 2. The first-order valence-corrected chi connectivity index (χ1v) is 7.22. The summed E-state index contributed by atoms with van der Waals surface area (Å²) in [6.45, 7) is 0.938. The molecule has 1 aromatic heterocycles. The van der Waals surface area contributed by atoms with Crippen molar-refractivity contribution in [2.45, 2.75) is 18.9 Å². The van der Waals surface area contributed by atoms with Crippen LogP contribution in [0.3, 0.4) is 0 Å². The quantitative estimate of drug-likeness (QED) is 0.517. The van der Waals surface area contributed by atoms with E-state index in [1.165, 1.54) is 6.07 Å². The highest BCUT2D eigenvalue weighted by atomic mass is 16.5. The lowest BCUT2D eigenvalue weighted by Gasteiger charge is -2.30. The minimum Gasteiger partial charge on any atom is -0.754 e. The van der Waals surface area contributed by atoms with Crippen molar-refractivity contribution >= 4 is 29.8 Å². The Balaban J connectivity index is 2.38. The number of carbonyl (C=O) groups excluding carboxylic acids is 2. The van der Waals surface area contributed by atoms with E-state index in [2.05, 4.69) is 25.1 Å². The number of nitrogens with zero attached hydrogens (tertiary/aromatic N) is 3. The van der Waals surface area contributed by atoms with E-state index in [1.807, 2.05) is 0 Å². The highest BCUT2D eigenvalue weighted by Gasteiger charge is 2.25. The number of amides is 2. The second kappa shape index (κ2) is 7.64. The average Bonchev–Trinajstić information content (AvgIpc) is 2.57. The Morgan fingerprint density at radius 2 is 2.04 bits per heavy atom. The normalized spacial score (nSPS) is 17.1. The van der Waals surface area contributed by atoms with E-state index in [9.17, 15) is 19.9 Å². The molecular weight excluding hydrogens is 322 g/mol. The molecule has 1 aliphatic rings. The molecule has 1 aromatic rings. The van der Waals surface area contributed by atoms with Gasteiger partial charge in [0.2, 0.25) is 5.82 Å². The van der Waals surface area contributed by atoms with Crippen molar-refractivity contribution in [3.63, 3.8) is 0 Å². The largest absolute Gasteiger partial charge is 0.754 e. The molecule has 0 radical (unpaired) electrons. The fraction of sp³-hybridized carbons (Fsp3) is 0.538. The summed E-state index contributed by atoms with van der Waals surface area (Å²) < 4.78 is 9.14. The van der Waals surface area contributed by atoms with E-state index in [0.29, 0.717) is 25.3 Å². The number of aliphatic hydroxyl groups is 1. The van der Waals surface area contributed by atoms with Gasteiger partial charge in [0.05, 0.1) is 26.4 Å². The Labute approximate surface area is 137 Å². The first kappa shape index (κ1) is 17.5. The van der Waals surface area contributed by atoms with Crippen LogP contribution in [0.5, 0.6) is 0 Å². The smallest absolute Gasteiger partial charge is 0.460 e. The number of anilines is 3. The van der Waals surface area contributed by atoms with Gasteiger partial charge in [-0.3, -0.25) is 0 Å². The van der Waals surface area contributed by atoms with Crippen LogP contribution in [-0.2, 0) is 9.47 Å². The maximum absolute atomic E-state index is 12.2. The third-order valence-electron chi connectivity index (χ3n) is 3.43. The second-order valence-corrected chi connectivity index (χ2v) is 5.09. The van der Waals surface area contributed by atoms with Gasteiger partial charge >= 0.3 is 18.1 Å². The molecule has 24 heavy (non-hydrogen) atoms. The number of β-amino-alcohol motifs (C(OH)–C–C–N with tert-alkyl or cyclic N) is 1. The number of carbonyl (C=O) groups is 2. The predicted molar refractivity (Wildman–Crippen MR) is 82.7 cm³/mol. The van der Waals surface area contributed by atoms with E-state index in [4.69, 9.17) is 0 Å². The van der Waals surface area contributed by atoms with Crippen LogP contribution in [0.4, 0.5) is 27.2 Å². The number of nitrogens with one attached hydrogen (secondary N) is 2. The third-order valence-corrected chi connectivity index (χ3v) is 3.43. The van der Waals surface area contributed by atoms with Crippen molar-refractivity contribution in [2.75, 3.05) is 42.8 Å². The monoisotopic (exact) mass is 341 g/mol. The Kier molecular flexibility index (Phi) is 5.58. The molecule has 3 N–H and O–H groups in total. The fourth-order valence-electron chi connectivity index (χ4n) is 2.27. The van der Waals surface area contributed by atoms with E-state index in [1.54, 1.807) is 4.90 Å². The molecule has 0 spiro atoms. The van der Waals surface area contributed by atoms with Crippen molar-refractivity contribution in [3.05, 3.63) is 11.3 Å². The minimum absolute atomic E-state index is 0.182. The number of methoxy groups -OCH3 is 2. The van der Waals surface area contributed by atoms with Gasteiger partial charge in [0.1, 0.15) is 0 Å². The highest BCUT2D eigenvalue weighted by Crippen LogP contribution is 2.21. The number of hydrogen-bond donors (Lipinski definition) is 3. The van der Waals surface area contributed by atoms with Crippen LogP contribution in [-0.4, -0.2) is 55.7 Å². The zero-order valence-corrected chi connectivity index (χ0v) is 13.3. The summed E-state index contributed by atoms with van der Waals surface area (Å²) in [6, 6.07) is 1.34. The molecule has 0 aromatic carbocycles. The first-order valence-electron chi connectivity index (χ1n) is 7.22. The molecule has 0 aliphatic carbocycles. The van der Waals surface area contributed by atoms with E-state index in [0.717, 1.165) is 20.6 Å². The molecule has 11 nitrogen and oxygen atoms in total. The summed E-state index contributed by atoms with van der Waals surface area (Å²) in [5.41, 5.74) is 0. The van der Waals surface area contributed by atoms with Gasteiger partial charge in [-0.2, -0.15) is 5.32 Å². The maximum Gasteiger partial charge on any atom is 0.460 e. The maximum atomic E-state index is 12.2. The molecule has 1 aliphatic heterocycles. The van der Waals surface area contributed by atoms with Gasteiger partial charge in [0.25, 0.3) is 0 Å². The van der Waals surface area contributed by atoms with Crippen LogP contribution in [0, 0.1) is 5.21 Å². The summed E-state index contributed by atoms with van der Waals surface area (Å²) in [7, 11) is 2.30. The SMILES string of the molecule is COC(=O)Nc1cc(N2CCCC(O)C2)nc(NC(=O)OC)[n+]1[O-]. The molecule has 1 fully saturated rings. The molecule has 2 rings (SSSR count). The van der Waals surface area contributed by atoms with Crippen LogP contribution in [0.25, 0.3) is 0 Å². The van der Waals surface area contributed by atoms with Crippen molar-refractivity contribution in [2.24, 2.45) is 0 Å². The van der Waals surface area contributed by atoms with Crippen molar-refractivity contribution in [3.8, 4) is 0 Å². The highest BCUT2D eigenvalue weighted by molar-refractivity contribution is 5.84. The third kappa shape index (κ3) is 4.13. The Morgan fingerprint density at radius 3 is 2.67 bits per heavy atom. The Hall–Kier alpha value is -2.82. The Bertz CT molecular complexity index is 586. The molecule has 2 amide bonds. The molecule has 1 unspecified atom stereocenters. The van der Waals surface area contributed by atoms with Crippen LogP contribution < -0.4 is 20.3 Å². The van der Waals surface area contributed by atoms with E-state index in [-0.39, 0.29) is 16.5 Å². The molecule has 1 saturated heterocycles. The molecule has 1 atom stereocenters. The Morgan fingerprint density at radius 1 is 1.38 bits per heavy atom. The second-order valence-electron chi connectivity index (χ2n) is 5.09. The number of aromatic nitrogens is 2. The lowest BCUT2D eigenvalue weighted by molar-refractivity contribution is -0.577. The molecule has 2 heterocycles. The molecule has 0 saturated carbocycles. The van der Waals surface area contributed by atoms with E-state index < -0.39 is 18.3 Å². The van der Waals surface area contributed by atoms with Gasteiger partial charge < -0.3 is 24.7 Å². The molecular formula is C13H19N5O6. The lowest BCUT2D eigenvalue weighted by Crippen LogP contribution is -2.42. The fourth-order valence-corrected chi connectivity index (χ4v) is 2.27. The number of aliphatic hydroxyl groups excluding tert-OH is 1. The number of hydrogen-bond acceptors (Lipinski definition) is 8. The van der Waals surface area contributed by atoms with Crippen LogP contribution in [0.2, 0.25) is 0 Å². The minimum atomic E-state index is -0.882. The van der Waals surface area contributed by atoms with E-state index >= 15 is 0 Å². The number of piperidine rings is 1. The molecule has 11 heteroatoms. The summed E-state index contributed by atoms with van der Waals surface area (Å²) in [4.78, 5) is 28.6. The summed E-state index contributed by atoms with van der Waals surface area (Å²) >= 11 is 0. The van der Waals surface area contributed by atoms with Crippen LogP contribution in [0.15, 0.2) is 6.07 Å². The van der Waals surface area contributed by atoms with Crippen LogP contribution >= 0.6 is 0 Å². The molecule has 0 bridgehead atoms. The van der Waals surface area contributed by atoms with Gasteiger partial charge in [0.15, 0.2) is 5.82 Å². The average molecular weight is 341 g/mol. The zero-order valence-electron chi connectivity index (χ0n) is 13.3. The summed E-state index contributed by atoms with van der Waals surface area (Å²) in [5, 5.41) is 26.4. The van der Waals surface area contributed by atoms with Gasteiger partial charge in [-0.05, 0) is 12.8 Å². The van der Waals surface area contributed by atoms with Crippen molar-refractivity contribution in [1.29, 1.82) is 0 Å². The van der Waals surface area contributed by atoms with Crippen molar-refractivity contribution in [1.82, 2.24) is 4.98 Å². The van der Waals surface area contributed by atoms with Gasteiger partial charge in [0, 0.05) is 13.1 Å². The lowest BCUT2D eigenvalue weighted by atomic mass is 10.1. The zero-order chi connectivity index (χ0) is 17.7. The number of rotatable bonds is 3. The van der Waals surface area contributed by atoms with Gasteiger partial charge in [-0.25, -0.2) is 19.6 Å². The van der Waals surface area contributed by atoms with Crippen molar-refractivity contribution < 1.29 is 28.9 Å². The predicted octanol–water partition coefficient (Wildman–Crippen LogP) is 0.0327.